The number of hydrogen-bond acceptors (Lipinski definition) is 5. The zero-order valence-corrected chi connectivity index (χ0v) is 23.6. The van der Waals surface area contributed by atoms with Crippen molar-refractivity contribution < 1.29 is 19.1 Å². The first-order chi connectivity index (χ1) is 16.8. The smallest absolute Gasteiger partial charge is 0.335 e. The molecular formula is C25H14BrI2N3O4. The Hall–Kier alpha value is -2.76. The predicted octanol–water partition coefficient (Wildman–Crippen LogP) is 5.78. The van der Waals surface area contributed by atoms with Gasteiger partial charge >= 0.3 is 6.03 Å². The van der Waals surface area contributed by atoms with Gasteiger partial charge in [-0.15, -0.1) is 0 Å². The highest BCUT2D eigenvalue weighted by Crippen LogP contribution is 2.31. The van der Waals surface area contributed by atoms with Crippen molar-refractivity contribution in [3.63, 3.8) is 0 Å². The monoisotopic (exact) mass is 753 g/mol. The molecule has 0 aliphatic carbocycles. The van der Waals surface area contributed by atoms with Crippen molar-refractivity contribution >= 4 is 90.7 Å². The summed E-state index contributed by atoms with van der Waals surface area (Å²) < 4.78 is 8.31. The van der Waals surface area contributed by atoms with E-state index in [2.05, 4.69) is 72.5 Å². The summed E-state index contributed by atoms with van der Waals surface area (Å²) in [5.74, 6) is -0.835. The number of barbiturate groups is 1. The zero-order chi connectivity index (χ0) is 25.1. The van der Waals surface area contributed by atoms with Crippen LogP contribution in [0.2, 0.25) is 0 Å². The molecule has 35 heavy (non-hydrogen) atoms. The number of rotatable bonds is 5. The van der Waals surface area contributed by atoms with E-state index in [0.717, 1.165) is 22.1 Å². The van der Waals surface area contributed by atoms with Gasteiger partial charge in [0.1, 0.15) is 17.9 Å². The lowest BCUT2D eigenvalue weighted by atomic mass is 10.1. The highest BCUT2D eigenvalue weighted by Gasteiger charge is 2.36. The number of carbonyl (C=O) groups is 3. The third kappa shape index (κ3) is 5.57. The van der Waals surface area contributed by atoms with E-state index in [4.69, 9.17) is 4.74 Å². The molecule has 1 heterocycles. The topological polar surface area (TPSA) is 99.5 Å². The van der Waals surface area contributed by atoms with E-state index in [1.54, 1.807) is 48.5 Å². The molecule has 0 aromatic heterocycles. The first-order valence-electron chi connectivity index (χ1n) is 10.1. The van der Waals surface area contributed by atoms with Gasteiger partial charge in [0, 0.05) is 10.0 Å². The van der Waals surface area contributed by atoms with Crippen LogP contribution in [0.15, 0.2) is 70.7 Å². The van der Waals surface area contributed by atoms with Crippen LogP contribution in [0.3, 0.4) is 0 Å². The van der Waals surface area contributed by atoms with Crippen LogP contribution in [-0.2, 0) is 16.2 Å². The number of amides is 4. The van der Waals surface area contributed by atoms with E-state index in [1.807, 2.05) is 12.1 Å². The molecular weight excluding hydrogens is 740 g/mol. The van der Waals surface area contributed by atoms with Gasteiger partial charge in [0.15, 0.2) is 0 Å². The van der Waals surface area contributed by atoms with Gasteiger partial charge in [0.25, 0.3) is 11.8 Å². The van der Waals surface area contributed by atoms with E-state index in [-0.39, 0.29) is 12.2 Å². The van der Waals surface area contributed by atoms with Crippen LogP contribution >= 0.6 is 61.1 Å². The van der Waals surface area contributed by atoms with Crippen molar-refractivity contribution in [2.45, 2.75) is 6.61 Å². The summed E-state index contributed by atoms with van der Waals surface area (Å²) >= 11 is 7.56. The van der Waals surface area contributed by atoms with Gasteiger partial charge in [0.2, 0.25) is 0 Å². The lowest BCUT2D eigenvalue weighted by molar-refractivity contribution is -0.122. The Kier molecular flexibility index (Phi) is 7.88. The van der Waals surface area contributed by atoms with Crippen LogP contribution in [-0.4, -0.2) is 17.8 Å². The molecule has 7 nitrogen and oxygen atoms in total. The standard InChI is InChI=1S/C25H14BrI2N3O4/c26-17-5-7-18(8-6-17)31-24(33)19(23(32)30-25(31)34)9-14-10-20(27)22(21(28)11-14)35-13-16-4-2-1-3-15(16)12-29/h1-11H,13H2,(H,30,32,34)/b19-9+. The van der Waals surface area contributed by atoms with Crippen molar-refractivity contribution in [2.75, 3.05) is 4.90 Å². The van der Waals surface area contributed by atoms with Crippen molar-refractivity contribution in [3.05, 3.63) is 94.5 Å². The summed E-state index contributed by atoms with van der Waals surface area (Å²) in [4.78, 5) is 38.9. The Morgan fingerprint density at radius 3 is 2.34 bits per heavy atom. The van der Waals surface area contributed by atoms with Gasteiger partial charge in [-0.2, -0.15) is 5.26 Å². The van der Waals surface area contributed by atoms with E-state index in [1.165, 1.54) is 6.08 Å². The molecule has 0 saturated carbocycles. The molecule has 0 bridgehead atoms. The maximum atomic E-state index is 13.1. The summed E-state index contributed by atoms with van der Waals surface area (Å²) in [5.41, 5.74) is 2.11. The maximum absolute atomic E-state index is 13.1. The van der Waals surface area contributed by atoms with Crippen molar-refractivity contribution in [1.82, 2.24) is 5.32 Å². The van der Waals surface area contributed by atoms with Gasteiger partial charge in [-0.1, -0.05) is 34.1 Å². The van der Waals surface area contributed by atoms with Crippen LogP contribution in [0.5, 0.6) is 5.75 Å². The summed E-state index contributed by atoms with van der Waals surface area (Å²) in [6.07, 6.45) is 1.45. The number of hydrogen-bond donors (Lipinski definition) is 1. The molecule has 1 N–H and O–H groups in total. The van der Waals surface area contributed by atoms with Crippen LogP contribution in [0, 0.1) is 18.5 Å². The minimum Gasteiger partial charge on any atom is -0.487 e. The summed E-state index contributed by atoms with van der Waals surface area (Å²) in [6.45, 7) is 0.224. The van der Waals surface area contributed by atoms with Crippen LogP contribution in [0.25, 0.3) is 6.08 Å². The molecule has 4 amide bonds. The fraction of sp³-hybridized carbons (Fsp3) is 0.0400. The molecule has 3 aromatic rings. The first kappa shape index (κ1) is 25.3. The molecule has 3 aromatic carbocycles. The van der Waals surface area contributed by atoms with Crippen molar-refractivity contribution in [3.8, 4) is 11.8 Å². The van der Waals surface area contributed by atoms with E-state index in [9.17, 15) is 19.6 Å². The van der Waals surface area contributed by atoms with Gasteiger partial charge < -0.3 is 4.74 Å². The largest absolute Gasteiger partial charge is 0.487 e. The van der Waals surface area contributed by atoms with Crippen LogP contribution < -0.4 is 15.0 Å². The highest BCUT2D eigenvalue weighted by molar-refractivity contribution is 14.1. The number of benzene rings is 3. The minimum absolute atomic E-state index is 0.157. The van der Waals surface area contributed by atoms with Crippen LogP contribution in [0.4, 0.5) is 10.5 Å². The molecule has 1 saturated heterocycles. The maximum Gasteiger partial charge on any atom is 0.335 e. The summed E-state index contributed by atoms with van der Waals surface area (Å²) in [5, 5.41) is 11.5. The Labute approximate surface area is 236 Å². The van der Waals surface area contributed by atoms with E-state index < -0.39 is 17.8 Å². The Bertz CT molecular complexity index is 1410. The number of imide groups is 2. The molecule has 0 unspecified atom stereocenters. The third-order valence-corrected chi connectivity index (χ3v) is 7.16. The fourth-order valence-electron chi connectivity index (χ4n) is 3.35. The number of ether oxygens (including phenoxy) is 1. The lowest BCUT2D eigenvalue weighted by Gasteiger charge is -2.26. The number of nitrogens with one attached hydrogen (secondary N) is 1. The average Bonchev–Trinajstić information content (AvgIpc) is 2.82. The van der Waals surface area contributed by atoms with Gasteiger partial charge in [-0.25, -0.2) is 9.69 Å². The normalized spacial score (nSPS) is 14.6. The van der Waals surface area contributed by atoms with Gasteiger partial charge in [-0.3, -0.25) is 14.9 Å². The first-order valence-corrected chi connectivity index (χ1v) is 13.0. The average molecular weight is 754 g/mol. The van der Waals surface area contributed by atoms with Crippen LogP contribution in [0.1, 0.15) is 16.7 Å². The van der Waals surface area contributed by atoms with E-state index >= 15 is 0 Å². The van der Waals surface area contributed by atoms with Crippen molar-refractivity contribution in [1.29, 1.82) is 5.26 Å². The molecule has 174 valence electrons. The summed E-state index contributed by atoms with van der Waals surface area (Å²) in [6, 6.07) is 18.7. The molecule has 0 radical (unpaired) electrons. The predicted molar refractivity (Wildman–Crippen MR) is 151 cm³/mol. The molecule has 4 rings (SSSR count). The van der Waals surface area contributed by atoms with Crippen molar-refractivity contribution in [2.24, 2.45) is 0 Å². The molecule has 1 aliphatic heterocycles. The highest BCUT2D eigenvalue weighted by atomic mass is 127. The Balaban J connectivity index is 1.61. The lowest BCUT2D eigenvalue weighted by Crippen LogP contribution is -2.54. The molecule has 0 atom stereocenters. The molecule has 10 heteroatoms. The quantitative estimate of drug-likeness (QED) is 0.203. The molecule has 0 spiro atoms. The third-order valence-electron chi connectivity index (χ3n) is 5.03. The second kappa shape index (κ2) is 10.9. The Morgan fingerprint density at radius 1 is 1.03 bits per heavy atom. The fourth-order valence-corrected chi connectivity index (χ4v) is 5.75. The Morgan fingerprint density at radius 2 is 1.69 bits per heavy atom. The number of nitriles is 1. The number of halogens is 3. The second-order valence-corrected chi connectivity index (χ2v) is 10.5. The molecule has 1 aliphatic rings. The number of carbonyl (C=O) groups excluding carboxylic acids is 3. The number of anilines is 1. The minimum atomic E-state index is -0.801. The van der Waals surface area contributed by atoms with E-state index in [0.29, 0.717) is 22.6 Å². The van der Waals surface area contributed by atoms with Gasteiger partial charge in [0.05, 0.1) is 24.5 Å². The second-order valence-electron chi connectivity index (χ2n) is 7.31. The van der Waals surface area contributed by atoms with Gasteiger partial charge in [-0.05, 0) is 99.3 Å². The molecule has 1 fully saturated rings. The SMILES string of the molecule is N#Cc1ccccc1COc1c(I)cc(/C=C2\C(=O)NC(=O)N(c3ccc(Br)cc3)C2=O)cc1I. The summed E-state index contributed by atoms with van der Waals surface area (Å²) in [7, 11) is 0. The zero-order valence-electron chi connectivity index (χ0n) is 17.7. The number of nitrogens with zero attached hydrogens (tertiary/aromatic N) is 2. The number of urea groups is 1.